The predicted octanol–water partition coefficient (Wildman–Crippen LogP) is 4.93. The number of hydrogen-bond acceptors (Lipinski definition) is 2. The van der Waals surface area contributed by atoms with Gasteiger partial charge in [0.15, 0.2) is 0 Å². The molecule has 1 aliphatic rings. The van der Waals surface area contributed by atoms with E-state index >= 15 is 0 Å². The highest BCUT2D eigenvalue weighted by Gasteiger charge is 2.28. The van der Waals surface area contributed by atoms with Crippen molar-refractivity contribution < 1.29 is 5.11 Å². The summed E-state index contributed by atoms with van der Waals surface area (Å²) < 4.78 is 0. The van der Waals surface area contributed by atoms with Gasteiger partial charge in [0.25, 0.3) is 0 Å². The van der Waals surface area contributed by atoms with Crippen molar-refractivity contribution in [3.63, 3.8) is 0 Å². The van der Waals surface area contributed by atoms with Gasteiger partial charge in [-0.1, -0.05) is 67.8 Å². The van der Waals surface area contributed by atoms with E-state index in [1.807, 2.05) is 0 Å². The number of aliphatic hydroxyl groups excluding tert-OH is 1. The van der Waals surface area contributed by atoms with Crippen LogP contribution in [0.2, 0.25) is 0 Å². The molecule has 124 valence electrons. The van der Waals surface area contributed by atoms with Crippen LogP contribution < -0.4 is 5.73 Å². The zero-order valence-corrected chi connectivity index (χ0v) is 14.0. The largest absolute Gasteiger partial charge is 0.391 e. The van der Waals surface area contributed by atoms with Crippen LogP contribution in [0.25, 0.3) is 21.5 Å². The molecule has 0 aromatic heterocycles. The molecule has 2 atom stereocenters. The molecule has 0 aliphatic heterocycles. The fraction of sp³-hybridized carbons (Fsp3) is 0.364. The van der Waals surface area contributed by atoms with Crippen LogP contribution in [-0.2, 0) is 0 Å². The van der Waals surface area contributed by atoms with Crippen molar-refractivity contribution in [3.05, 3.63) is 60.2 Å². The highest BCUT2D eigenvalue weighted by Crippen LogP contribution is 2.36. The summed E-state index contributed by atoms with van der Waals surface area (Å²) >= 11 is 0. The first kappa shape index (κ1) is 15.6. The number of fused-ring (bicyclic) bond motifs is 3. The Labute approximate surface area is 143 Å². The number of benzene rings is 3. The number of aliphatic hydroxyl groups is 1. The molecule has 0 saturated heterocycles. The SMILES string of the molecule is N[C@H](c1cc2ccccc2c2ccccc12)[C@@H](O)C1CCCCC1. The molecule has 24 heavy (non-hydrogen) atoms. The minimum absolute atomic E-state index is 0.331. The van der Waals surface area contributed by atoms with Gasteiger partial charge in [0.1, 0.15) is 0 Å². The van der Waals surface area contributed by atoms with Crippen LogP contribution in [0.4, 0.5) is 0 Å². The minimum Gasteiger partial charge on any atom is -0.391 e. The molecular weight excluding hydrogens is 294 g/mol. The van der Waals surface area contributed by atoms with E-state index in [9.17, 15) is 5.11 Å². The van der Waals surface area contributed by atoms with Crippen LogP contribution in [0.1, 0.15) is 43.7 Å². The van der Waals surface area contributed by atoms with E-state index in [1.54, 1.807) is 0 Å². The third-order valence-corrected chi connectivity index (χ3v) is 5.66. The molecule has 1 saturated carbocycles. The van der Waals surface area contributed by atoms with Gasteiger partial charge in [-0.25, -0.2) is 0 Å². The maximum absolute atomic E-state index is 10.9. The minimum atomic E-state index is -0.463. The van der Waals surface area contributed by atoms with E-state index in [1.165, 1.54) is 40.8 Å². The van der Waals surface area contributed by atoms with E-state index in [0.717, 1.165) is 18.4 Å². The second-order valence-electron chi connectivity index (χ2n) is 7.15. The van der Waals surface area contributed by atoms with Crippen LogP contribution in [0.15, 0.2) is 54.6 Å². The van der Waals surface area contributed by atoms with Crippen molar-refractivity contribution in [1.82, 2.24) is 0 Å². The van der Waals surface area contributed by atoms with Gasteiger partial charge in [0.2, 0.25) is 0 Å². The Bertz CT molecular complexity index is 851. The number of rotatable bonds is 3. The average Bonchev–Trinajstić information content (AvgIpc) is 2.67. The summed E-state index contributed by atoms with van der Waals surface area (Å²) in [6.07, 6.45) is 5.45. The molecule has 3 aromatic rings. The molecule has 0 spiro atoms. The molecule has 3 N–H and O–H groups in total. The lowest BCUT2D eigenvalue weighted by Gasteiger charge is -2.31. The van der Waals surface area contributed by atoms with Crippen molar-refractivity contribution in [1.29, 1.82) is 0 Å². The Morgan fingerprint density at radius 3 is 2.21 bits per heavy atom. The quantitative estimate of drug-likeness (QED) is 0.672. The molecule has 0 unspecified atom stereocenters. The van der Waals surface area contributed by atoms with Gasteiger partial charge in [-0.05, 0) is 51.9 Å². The summed E-state index contributed by atoms with van der Waals surface area (Å²) in [6.45, 7) is 0. The number of hydrogen-bond donors (Lipinski definition) is 2. The zero-order valence-electron chi connectivity index (χ0n) is 14.0. The first-order valence-corrected chi connectivity index (χ1v) is 9.10. The molecule has 0 bridgehead atoms. The summed E-state index contributed by atoms with van der Waals surface area (Å²) in [5.41, 5.74) is 7.65. The topological polar surface area (TPSA) is 46.2 Å². The second-order valence-corrected chi connectivity index (χ2v) is 7.15. The lowest BCUT2D eigenvalue weighted by molar-refractivity contribution is 0.0622. The van der Waals surface area contributed by atoms with Gasteiger partial charge < -0.3 is 10.8 Å². The monoisotopic (exact) mass is 319 g/mol. The average molecular weight is 319 g/mol. The molecule has 2 nitrogen and oxygen atoms in total. The van der Waals surface area contributed by atoms with E-state index < -0.39 is 6.10 Å². The van der Waals surface area contributed by atoms with Gasteiger partial charge in [-0.3, -0.25) is 0 Å². The normalized spacial score (nSPS) is 18.8. The van der Waals surface area contributed by atoms with Crippen LogP contribution in [0.5, 0.6) is 0 Å². The maximum atomic E-state index is 10.9. The van der Waals surface area contributed by atoms with Crippen LogP contribution >= 0.6 is 0 Å². The molecule has 4 rings (SSSR count). The van der Waals surface area contributed by atoms with E-state index in [4.69, 9.17) is 5.73 Å². The first-order valence-electron chi connectivity index (χ1n) is 9.10. The van der Waals surface area contributed by atoms with E-state index in [2.05, 4.69) is 54.6 Å². The summed E-state index contributed by atoms with van der Waals surface area (Å²) in [6, 6.07) is 18.7. The Hall–Kier alpha value is -1.90. The second kappa shape index (κ2) is 6.54. The Morgan fingerprint density at radius 1 is 0.833 bits per heavy atom. The molecule has 3 aromatic carbocycles. The van der Waals surface area contributed by atoms with Crippen molar-refractivity contribution in [2.75, 3.05) is 0 Å². The van der Waals surface area contributed by atoms with Crippen molar-refractivity contribution >= 4 is 21.5 Å². The summed E-state index contributed by atoms with van der Waals surface area (Å²) in [7, 11) is 0. The highest BCUT2D eigenvalue weighted by atomic mass is 16.3. The molecule has 2 heteroatoms. The van der Waals surface area contributed by atoms with Gasteiger partial charge in [0, 0.05) is 0 Å². The van der Waals surface area contributed by atoms with Crippen LogP contribution in [0.3, 0.4) is 0 Å². The van der Waals surface area contributed by atoms with Crippen LogP contribution in [-0.4, -0.2) is 11.2 Å². The lowest BCUT2D eigenvalue weighted by atomic mass is 9.80. The van der Waals surface area contributed by atoms with Crippen molar-refractivity contribution in [2.45, 2.75) is 44.2 Å². The Balaban J connectivity index is 1.82. The fourth-order valence-corrected chi connectivity index (χ4v) is 4.31. The first-order chi connectivity index (χ1) is 11.8. The zero-order chi connectivity index (χ0) is 16.5. The standard InChI is InChI=1S/C22H25NO/c23-21(22(24)15-8-2-1-3-9-15)20-14-16-10-4-5-11-17(16)18-12-6-7-13-19(18)20/h4-7,10-15,21-22,24H,1-3,8-9,23H2/t21-,22+/m1/s1. The summed E-state index contributed by atoms with van der Waals surface area (Å²) in [5.74, 6) is 0.332. The van der Waals surface area contributed by atoms with Crippen molar-refractivity contribution in [3.8, 4) is 0 Å². The van der Waals surface area contributed by atoms with E-state index in [-0.39, 0.29) is 6.04 Å². The Morgan fingerprint density at radius 2 is 1.46 bits per heavy atom. The van der Waals surface area contributed by atoms with Gasteiger partial charge in [-0.2, -0.15) is 0 Å². The number of nitrogens with two attached hydrogens (primary N) is 1. The third-order valence-electron chi connectivity index (χ3n) is 5.66. The van der Waals surface area contributed by atoms with Gasteiger partial charge in [-0.15, -0.1) is 0 Å². The summed E-state index contributed by atoms with van der Waals surface area (Å²) in [4.78, 5) is 0. The van der Waals surface area contributed by atoms with E-state index in [0.29, 0.717) is 5.92 Å². The molecule has 0 heterocycles. The molecule has 0 radical (unpaired) electrons. The molecule has 1 aliphatic carbocycles. The molecular formula is C22H25NO. The van der Waals surface area contributed by atoms with Gasteiger partial charge in [0.05, 0.1) is 12.1 Å². The Kier molecular flexibility index (Phi) is 4.26. The smallest absolute Gasteiger partial charge is 0.0761 e. The molecule has 1 fully saturated rings. The summed E-state index contributed by atoms with van der Waals surface area (Å²) in [5, 5.41) is 15.7. The lowest BCUT2D eigenvalue weighted by Crippen LogP contribution is -2.34. The fourth-order valence-electron chi connectivity index (χ4n) is 4.31. The maximum Gasteiger partial charge on any atom is 0.0761 e. The van der Waals surface area contributed by atoms with Gasteiger partial charge >= 0.3 is 0 Å². The van der Waals surface area contributed by atoms with Crippen molar-refractivity contribution in [2.24, 2.45) is 11.7 Å². The van der Waals surface area contributed by atoms with Crippen LogP contribution in [0, 0.1) is 5.92 Å². The molecule has 0 amide bonds. The predicted molar refractivity (Wildman–Crippen MR) is 101 cm³/mol. The third kappa shape index (κ3) is 2.70. The highest BCUT2D eigenvalue weighted by molar-refractivity contribution is 6.09.